The molecule has 2 aromatic heterocycles. The minimum atomic E-state index is -0.276. The Morgan fingerprint density at radius 3 is 2.83 bits per heavy atom. The van der Waals surface area contributed by atoms with Gasteiger partial charge in [0.1, 0.15) is 5.69 Å². The van der Waals surface area contributed by atoms with Crippen LogP contribution in [-0.2, 0) is 11.8 Å². The van der Waals surface area contributed by atoms with Crippen LogP contribution in [0.2, 0.25) is 0 Å². The van der Waals surface area contributed by atoms with Gasteiger partial charge in [-0.25, -0.2) is 0 Å². The Hall–Kier alpha value is -2.47. The summed E-state index contributed by atoms with van der Waals surface area (Å²) < 4.78 is 2.05. The van der Waals surface area contributed by atoms with Crippen LogP contribution in [0.4, 0.5) is 5.69 Å². The largest absolute Gasteiger partial charge is 0.349 e. The molecule has 1 aromatic carbocycles. The van der Waals surface area contributed by atoms with Gasteiger partial charge in [-0.05, 0) is 31.5 Å². The molecule has 2 heterocycles. The van der Waals surface area contributed by atoms with E-state index in [1.54, 1.807) is 6.07 Å². The SMILES string of the molecule is Cc1cc(NC(=O)CSc2cn(C)c3ccccc23)c(=O)[nH]c1C. The Labute approximate surface area is 144 Å². The average molecular weight is 341 g/mol. The van der Waals surface area contributed by atoms with Gasteiger partial charge in [-0.1, -0.05) is 18.2 Å². The number of carbonyl (C=O) groups excluding carboxylic acids is 1. The Kier molecular flexibility index (Phi) is 4.49. The second kappa shape index (κ2) is 6.57. The number of benzene rings is 1. The normalized spacial score (nSPS) is 11.0. The molecule has 0 saturated carbocycles. The van der Waals surface area contributed by atoms with E-state index in [1.807, 2.05) is 55.9 Å². The molecule has 24 heavy (non-hydrogen) atoms. The number of nitrogens with one attached hydrogen (secondary N) is 2. The molecule has 5 nitrogen and oxygen atoms in total. The monoisotopic (exact) mass is 341 g/mol. The molecular formula is C18H19N3O2S. The molecule has 2 N–H and O–H groups in total. The van der Waals surface area contributed by atoms with Crippen molar-refractivity contribution < 1.29 is 4.79 Å². The number of anilines is 1. The lowest BCUT2D eigenvalue weighted by atomic mass is 10.2. The maximum absolute atomic E-state index is 12.2. The third kappa shape index (κ3) is 3.23. The molecule has 0 unspecified atom stereocenters. The number of H-pyrrole nitrogens is 1. The number of fused-ring (bicyclic) bond motifs is 1. The van der Waals surface area contributed by atoms with Gasteiger partial charge in [0.2, 0.25) is 5.91 Å². The molecule has 3 aromatic rings. The van der Waals surface area contributed by atoms with Crippen LogP contribution in [-0.4, -0.2) is 21.2 Å². The summed E-state index contributed by atoms with van der Waals surface area (Å²) in [6.07, 6.45) is 2.02. The number of nitrogens with zero attached hydrogens (tertiary/aromatic N) is 1. The highest BCUT2D eigenvalue weighted by Gasteiger charge is 2.11. The van der Waals surface area contributed by atoms with Crippen molar-refractivity contribution in [2.45, 2.75) is 18.7 Å². The van der Waals surface area contributed by atoms with E-state index < -0.39 is 0 Å². The van der Waals surface area contributed by atoms with Crippen molar-refractivity contribution >= 4 is 34.3 Å². The lowest BCUT2D eigenvalue weighted by molar-refractivity contribution is -0.113. The van der Waals surface area contributed by atoms with Gasteiger partial charge >= 0.3 is 0 Å². The highest BCUT2D eigenvalue weighted by atomic mass is 32.2. The standard InChI is InChI=1S/C18H19N3O2S/c1-11-8-14(18(23)19-12(11)2)20-17(22)10-24-16-9-21(3)15-7-5-4-6-13(15)16/h4-9H,10H2,1-3H3,(H,19,23)(H,20,22). The van der Waals surface area contributed by atoms with Crippen LogP contribution in [0.15, 0.2) is 46.2 Å². The van der Waals surface area contributed by atoms with Crippen LogP contribution in [0.3, 0.4) is 0 Å². The molecule has 0 aliphatic heterocycles. The van der Waals surface area contributed by atoms with E-state index in [2.05, 4.69) is 10.3 Å². The van der Waals surface area contributed by atoms with Crippen LogP contribution >= 0.6 is 11.8 Å². The number of pyridine rings is 1. The van der Waals surface area contributed by atoms with Crippen molar-refractivity contribution in [1.29, 1.82) is 0 Å². The second-order valence-corrected chi connectivity index (χ2v) is 6.80. The first-order valence-corrected chi connectivity index (χ1v) is 8.61. The zero-order valence-electron chi connectivity index (χ0n) is 13.8. The van der Waals surface area contributed by atoms with E-state index in [9.17, 15) is 9.59 Å². The minimum absolute atomic E-state index is 0.193. The summed E-state index contributed by atoms with van der Waals surface area (Å²) in [6, 6.07) is 9.78. The number of aryl methyl sites for hydroxylation is 3. The van der Waals surface area contributed by atoms with E-state index in [0.29, 0.717) is 5.69 Å². The highest BCUT2D eigenvalue weighted by Crippen LogP contribution is 2.29. The van der Waals surface area contributed by atoms with Gasteiger partial charge < -0.3 is 14.9 Å². The summed E-state index contributed by atoms with van der Waals surface area (Å²) >= 11 is 1.47. The Bertz CT molecular complexity index is 972. The molecule has 0 saturated heterocycles. The zero-order valence-corrected chi connectivity index (χ0v) is 14.7. The summed E-state index contributed by atoms with van der Waals surface area (Å²) in [7, 11) is 1.99. The molecule has 0 fully saturated rings. The molecular weight excluding hydrogens is 322 g/mol. The Morgan fingerprint density at radius 1 is 1.29 bits per heavy atom. The number of hydrogen-bond donors (Lipinski definition) is 2. The molecule has 0 radical (unpaired) electrons. The van der Waals surface area contributed by atoms with Gasteiger partial charge in [-0.2, -0.15) is 0 Å². The lowest BCUT2D eigenvalue weighted by Gasteiger charge is -2.06. The fraction of sp³-hybridized carbons (Fsp3) is 0.222. The molecule has 0 aliphatic carbocycles. The van der Waals surface area contributed by atoms with Crippen LogP contribution in [0.1, 0.15) is 11.3 Å². The summed E-state index contributed by atoms with van der Waals surface area (Å²) in [5.74, 6) is 0.0575. The second-order valence-electron chi connectivity index (χ2n) is 5.78. The maximum Gasteiger partial charge on any atom is 0.271 e. The molecule has 6 heteroatoms. The van der Waals surface area contributed by atoms with E-state index in [-0.39, 0.29) is 17.2 Å². The van der Waals surface area contributed by atoms with Gasteiger partial charge in [-0.3, -0.25) is 9.59 Å². The topological polar surface area (TPSA) is 66.9 Å². The van der Waals surface area contributed by atoms with Crippen LogP contribution in [0.25, 0.3) is 10.9 Å². The number of rotatable bonds is 4. The molecule has 1 amide bonds. The molecule has 0 spiro atoms. The van der Waals surface area contributed by atoms with E-state index in [1.165, 1.54) is 11.8 Å². The van der Waals surface area contributed by atoms with Gasteiger partial charge in [0.15, 0.2) is 0 Å². The summed E-state index contributed by atoms with van der Waals surface area (Å²) in [6.45, 7) is 3.73. The predicted octanol–water partition coefficient (Wildman–Crippen LogP) is 3.21. The van der Waals surface area contributed by atoms with Crippen molar-refractivity contribution in [3.05, 3.63) is 58.1 Å². The molecule has 0 bridgehead atoms. The number of carbonyl (C=O) groups is 1. The van der Waals surface area contributed by atoms with Crippen molar-refractivity contribution in [1.82, 2.24) is 9.55 Å². The molecule has 0 atom stereocenters. The fourth-order valence-electron chi connectivity index (χ4n) is 2.57. The van der Waals surface area contributed by atoms with E-state index in [4.69, 9.17) is 0 Å². The van der Waals surface area contributed by atoms with Crippen molar-refractivity contribution in [3.63, 3.8) is 0 Å². The molecule has 124 valence electrons. The van der Waals surface area contributed by atoms with Crippen LogP contribution < -0.4 is 10.9 Å². The Morgan fingerprint density at radius 2 is 2.04 bits per heavy atom. The van der Waals surface area contributed by atoms with Crippen molar-refractivity contribution in [2.75, 3.05) is 11.1 Å². The number of hydrogen-bond acceptors (Lipinski definition) is 3. The third-order valence-electron chi connectivity index (χ3n) is 3.99. The van der Waals surface area contributed by atoms with Gasteiger partial charge in [0.05, 0.1) is 5.75 Å². The number of amides is 1. The first-order valence-electron chi connectivity index (χ1n) is 7.63. The first-order chi connectivity index (χ1) is 11.5. The number of aromatic amines is 1. The van der Waals surface area contributed by atoms with E-state index in [0.717, 1.165) is 27.1 Å². The number of para-hydroxylation sites is 1. The zero-order chi connectivity index (χ0) is 17.3. The molecule has 3 rings (SSSR count). The third-order valence-corrected chi connectivity index (χ3v) is 5.03. The van der Waals surface area contributed by atoms with Crippen LogP contribution in [0.5, 0.6) is 0 Å². The maximum atomic E-state index is 12.2. The van der Waals surface area contributed by atoms with Gasteiger partial charge in [0.25, 0.3) is 5.56 Å². The Balaban J connectivity index is 1.72. The van der Waals surface area contributed by atoms with Gasteiger partial charge in [-0.15, -0.1) is 11.8 Å². The van der Waals surface area contributed by atoms with Crippen molar-refractivity contribution in [2.24, 2.45) is 7.05 Å². The minimum Gasteiger partial charge on any atom is -0.349 e. The fourth-order valence-corrected chi connectivity index (χ4v) is 3.49. The average Bonchev–Trinajstić information content (AvgIpc) is 2.87. The first kappa shape index (κ1) is 16.4. The predicted molar refractivity (Wildman–Crippen MR) is 98.8 cm³/mol. The number of thioether (sulfide) groups is 1. The summed E-state index contributed by atoms with van der Waals surface area (Å²) in [4.78, 5) is 27.9. The number of aromatic nitrogens is 2. The quantitative estimate of drug-likeness (QED) is 0.716. The lowest BCUT2D eigenvalue weighted by Crippen LogP contribution is -2.22. The van der Waals surface area contributed by atoms with Gasteiger partial charge in [0, 0.05) is 34.7 Å². The smallest absolute Gasteiger partial charge is 0.271 e. The summed E-state index contributed by atoms with van der Waals surface area (Å²) in [5.41, 5.74) is 2.89. The van der Waals surface area contributed by atoms with E-state index >= 15 is 0 Å². The molecule has 0 aliphatic rings. The summed E-state index contributed by atoms with van der Waals surface area (Å²) in [5, 5.41) is 3.82. The van der Waals surface area contributed by atoms with Crippen LogP contribution in [0, 0.1) is 13.8 Å². The van der Waals surface area contributed by atoms with Crippen molar-refractivity contribution in [3.8, 4) is 0 Å². The highest BCUT2D eigenvalue weighted by molar-refractivity contribution is 8.00.